The first-order valence-corrected chi connectivity index (χ1v) is 6.02. The van der Waals surface area contributed by atoms with Gasteiger partial charge in [0.15, 0.2) is 0 Å². The van der Waals surface area contributed by atoms with Crippen LogP contribution in [0.1, 0.15) is 23.8 Å². The summed E-state index contributed by atoms with van der Waals surface area (Å²) in [6, 6.07) is 3.44. The summed E-state index contributed by atoms with van der Waals surface area (Å²) in [5.74, 6) is -0.988. The number of carboxylic acids is 1. The Morgan fingerprint density at radius 2 is 2.50 bits per heavy atom. The van der Waals surface area contributed by atoms with Crippen molar-refractivity contribution in [1.29, 1.82) is 0 Å². The highest BCUT2D eigenvalue weighted by molar-refractivity contribution is 8.00. The van der Waals surface area contributed by atoms with Crippen LogP contribution in [-0.2, 0) is 4.74 Å². The number of thioether (sulfide) groups is 1. The minimum atomic E-state index is -0.988. The maximum atomic E-state index is 10.8. The van der Waals surface area contributed by atoms with Crippen LogP contribution in [0.5, 0.6) is 0 Å². The smallest absolute Gasteiger partial charge is 0.354 e. The van der Waals surface area contributed by atoms with E-state index in [-0.39, 0.29) is 11.8 Å². The summed E-state index contributed by atoms with van der Waals surface area (Å²) < 4.78 is 5.46. The summed E-state index contributed by atoms with van der Waals surface area (Å²) >= 11 is 1.66. The van der Waals surface area contributed by atoms with Crippen LogP contribution in [-0.4, -0.2) is 34.0 Å². The van der Waals surface area contributed by atoms with Crippen molar-refractivity contribution in [2.75, 3.05) is 6.61 Å². The Labute approximate surface area is 98.0 Å². The quantitative estimate of drug-likeness (QED) is 0.874. The zero-order valence-corrected chi connectivity index (χ0v) is 9.74. The first-order valence-electron chi connectivity index (χ1n) is 5.14. The second-order valence-corrected chi connectivity index (χ2v) is 5.02. The topological polar surface area (TPSA) is 59.4 Å². The molecule has 4 nitrogen and oxygen atoms in total. The summed E-state index contributed by atoms with van der Waals surface area (Å²) in [7, 11) is 0. The maximum absolute atomic E-state index is 10.8. The van der Waals surface area contributed by atoms with Gasteiger partial charge in [-0.25, -0.2) is 9.78 Å². The van der Waals surface area contributed by atoms with Crippen LogP contribution in [0.4, 0.5) is 0 Å². The Hall–Kier alpha value is -1.07. The lowest BCUT2D eigenvalue weighted by Gasteiger charge is -2.13. The van der Waals surface area contributed by atoms with E-state index in [0.29, 0.717) is 5.25 Å². The molecule has 16 heavy (non-hydrogen) atoms. The second-order valence-electron chi connectivity index (χ2n) is 3.70. The zero-order valence-electron chi connectivity index (χ0n) is 8.92. The van der Waals surface area contributed by atoms with Crippen molar-refractivity contribution in [3.05, 3.63) is 24.0 Å². The molecule has 0 amide bonds. The van der Waals surface area contributed by atoms with Crippen LogP contribution in [0.2, 0.25) is 0 Å². The highest BCUT2D eigenvalue weighted by atomic mass is 32.2. The van der Waals surface area contributed by atoms with Gasteiger partial charge >= 0.3 is 5.97 Å². The third kappa shape index (κ3) is 2.54. The maximum Gasteiger partial charge on any atom is 0.354 e. The molecule has 2 atom stereocenters. The molecule has 2 unspecified atom stereocenters. The van der Waals surface area contributed by atoms with Crippen molar-refractivity contribution >= 4 is 17.7 Å². The molecule has 0 saturated carbocycles. The van der Waals surface area contributed by atoms with E-state index in [9.17, 15) is 4.79 Å². The number of carboxylic acid groups (broad SMARTS) is 1. The van der Waals surface area contributed by atoms with E-state index in [1.807, 2.05) is 13.0 Å². The fourth-order valence-electron chi connectivity index (χ4n) is 1.64. The Balaban J connectivity index is 2.09. The Morgan fingerprint density at radius 1 is 1.69 bits per heavy atom. The van der Waals surface area contributed by atoms with Gasteiger partial charge in [-0.05, 0) is 25.5 Å². The van der Waals surface area contributed by atoms with E-state index in [1.165, 1.54) is 6.20 Å². The Morgan fingerprint density at radius 3 is 3.12 bits per heavy atom. The fourth-order valence-corrected chi connectivity index (χ4v) is 2.80. The van der Waals surface area contributed by atoms with Gasteiger partial charge in [-0.3, -0.25) is 0 Å². The van der Waals surface area contributed by atoms with Crippen LogP contribution in [0.25, 0.3) is 0 Å². The molecule has 0 radical (unpaired) electrons. The second kappa shape index (κ2) is 4.84. The van der Waals surface area contributed by atoms with Crippen LogP contribution < -0.4 is 0 Å². The molecule has 0 aliphatic carbocycles. The van der Waals surface area contributed by atoms with E-state index in [4.69, 9.17) is 9.84 Å². The van der Waals surface area contributed by atoms with Gasteiger partial charge in [0.1, 0.15) is 5.69 Å². The third-order valence-electron chi connectivity index (χ3n) is 2.54. The van der Waals surface area contributed by atoms with Gasteiger partial charge in [0, 0.05) is 22.9 Å². The van der Waals surface area contributed by atoms with E-state index in [1.54, 1.807) is 17.8 Å². The molecule has 2 rings (SSSR count). The van der Waals surface area contributed by atoms with Gasteiger partial charge in [0.2, 0.25) is 0 Å². The average Bonchev–Trinajstić information content (AvgIpc) is 2.65. The van der Waals surface area contributed by atoms with E-state index >= 15 is 0 Å². The highest BCUT2D eigenvalue weighted by Gasteiger charge is 2.25. The number of nitrogens with zero attached hydrogens (tertiary/aromatic N) is 1. The molecule has 1 aliphatic rings. The number of aromatic carboxylic acids is 1. The molecular weight excluding hydrogens is 226 g/mol. The molecule has 0 spiro atoms. The number of ether oxygens (including phenoxy) is 1. The van der Waals surface area contributed by atoms with Crippen molar-refractivity contribution in [3.8, 4) is 0 Å². The van der Waals surface area contributed by atoms with Crippen LogP contribution in [0.15, 0.2) is 23.2 Å². The normalized spacial score (nSPS) is 24.6. The van der Waals surface area contributed by atoms with E-state index < -0.39 is 5.97 Å². The first-order chi connectivity index (χ1) is 7.66. The van der Waals surface area contributed by atoms with Gasteiger partial charge < -0.3 is 9.84 Å². The molecule has 2 heterocycles. The summed E-state index contributed by atoms with van der Waals surface area (Å²) in [4.78, 5) is 15.5. The molecule has 1 aromatic heterocycles. The van der Waals surface area contributed by atoms with Crippen LogP contribution >= 0.6 is 11.8 Å². The van der Waals surface area contributed by atoms with Crippen molar-refractivity contribution in [3.63, 3.8) is 0 Å². The van der Waals surface area contributed by atoms with Gasteiger partial charge in [0.25, 0.3) is 0 Å². The molecule has 1 aromatic rings. The van der Waals surface area contributed by atoms with E-state index in [2.05, 4.69) is 4.98 Å². The number of pyridine rings is 1. The fraction of sp³-hybridized carbons (Fsp3) is 0.455. The molecular formula is C11H13NO3S. The van der Waals surface area contributed by atoms with Gasteiger partial charge in [-0.15, -0.1) is 11.8 Å². The standard InChI is InChI=1S/C11H13NO3S/c1-7-10(3-5-15-7)16-8-2-4-12-9(6-8)11(13)14/h2,4,6-7,10H,3,5H2,1H3,(H,13,14). The molecule has 1 fully saturated rings. The molecule has 0 aromatic carbocycles. The van der Waals surface area contributed by atoms with Crippen molar-refractivity contribution < 1.29 is 14.6 Å². The SMILES string of the molecule is CC1OCCC1Sc1ccnc(C(=O)O)c1. The largest absolute Gasteiger partial charge is 0.477 e. The first kappa shape index (κ1) is 11.4. The van der Waals surface area contributed by atoms with Crippen LogP contribution in [0, 0.1) is 0 Å². The molecule has 1 N–H and O–H groups in total. The number of hydrogen-bond donors (Lipinski definition) is 1. The molecule has 5 heteroatoms. The lowest BCUT2D eigenvalue weighted by atomic mass is 10.3. The zero-order chi connectivity index (χ0) is 11.5. The average molecular weight is 239 g/mol. The van der Waals surface area contributed by atoms with Crippen molar-refractivity contribution in [2.24, 2.45) is 0 Å². The summed E-state index contributed by atoms with van der Waals surface area (Å²) in [6.45, 7) is 2.83. The Bertz CT molecular complexity index is 397. The molecule has 1 aliphatic heterocycles. The summed E-state index contributed by atoms with van der Waals surface area (Å²) in [5.41, 5.74) is 0.0940. The number of aromatic nitrogens is 1. The predicted molar refractivity (Wildman–Crippen MR) is 60.9 cm³/mol. The molecule has 86 valence electrons. The van der Waals surface area contributed by atoms with Gasteiger partial charge in [-0.1, -0.05) is 0 Å². The minimum absolute atomic E-state index is 0.0940. The predicted octanol–water partition coefficient (Wildman–Crippen LogP) is 2.05. The highest BCUT2D eigenvalue weighted by Crippen LogP contribution is 2.32. The number of rotatable bonds is 3. The summed E-state index contributed by atoms with van der Waals surface area (Å²) in [5, 5.41) is 9.23. The van der Waals surface area contributed by atoms with Gasteiger partial charge in [-0.2, -0.15) is 0 Å². The Kier molecular flexibility index (Phi) is 3.46. The number of carbonyl (C=O) groups is 1. The lowest BCUT2D eigenvalue weighted by Crippen LogP contribution is -2.13. The molecule has 0 bridgehead atoms. The third-order valence-corrected chi connectivity index (χ3v) is 3.99. The monoisotopic (exact) mass is 239 g/mol. The van der Waals surface area contributed by atoms with Crippen molar-refractivity contribution in [2.45, 2.75) is 29.6 Å². The minimum Gasteiger partial charge on any atom is -0.477 e. The number of hydrogen-bond acceptors (Lipinski definition) is 4. The molecule has 1 saturated heterocycles. The van der Waals surface area contributed by atoms with E-state index in [0.717, 1.165) is 17.9 Å². The van der Waals surface area contributed by atoms with Gasteiger partial charge in [0.05, 0.1) is 6.10 Å². The van der Waals surface area contributed by atoms with Crippen molar-refractivity contribution in [1.82, 2.24) is 4.98 Å². The van der Waals surface area contributed by atoms with Crippen LogP contribution in [0.3, 0.4) is 0 Å². The summed E-state index contributed by atoms with van der Waals surface area (Å²) in [6.07, 6.45) is 2.77. The lowest BCUT2D eigenvalue weighted by molar-refractivity contribution is 0.0690.